The molecule has 0 radical (unpaired) electrons. The van der Waals surface area contributed by atoms with E-state index in [4.69, 9.17) is 18.9 Å². The number of phosphoric acid groups is 1. The zero-order valence-electron chi connectivity index (χ0n) is 16.9. The summed E-state index contributed by atoms with van der Waals surface area (Å²) in [6, 6.07) is 10.1. The monoisotopic (exact) mass is 481 g/mol. The molecule has 0 saturated carbocycles. The molecule has 4 N–H and O–H groups in total. The van der Waals surface area contributed by atoms with E-state index in [1.54, 1.807) is 24.3 Å². The van der Waals surface area contributed by atoms with Crippen molar-refractivity contribution in [3.05, 3.63) is 75.4 Å². The summed E-state index contributed by atoms with van der Waals surface area (Å²) in [4.78, 5) is 47.1. The Labute approximate surface area is 185 Å². The van der Waals surface area contributed by atoms with Crippen molar-refractivity contribution in [2.45, 2.75) is 31.1 Å². The largest absolute Gasteiger partial charge is 0.469 e. The molecule has 0 spiro atoms. The molecule has 4 rings (SSSR count). The number of ether oxygens (including phenoxy) is 1. The minimum absolute atomic E-state index is 0.228. The van der Waals surface area contributed by atoms with Gasteiger partial charge in [-0.3, -0.25) is 18.5 Å². The first-order chi connectivity index (χ1) is 15.6. The maximum Gasteiger partial charge on any atom is 0.469 e. The summed E-state index contributed by atoms with van der Waals surface area (Å²) in [6.07, 6.45) is -3.52. The quantitative estimate of drug-likeness (QED) is 0.317. The topological polar surface area (TPSA) is 186 Å². The molecule has 3 heterocycles. The molecular weight excluding hydrogens is 461 g/mol. The first-order valence-electron chi connectivity index (χ1n) is 9.68. The van der Waals surface area contributed by atoms with Crippen LogP contribution < -0.4 is 11.2 Å². The highest BCUT2D eigenvalue weighted by Crippen LogP contribution is 2.38. The van der Waals surface area contributed by atoms with Crippen LogP contribution in [0.25, 0.3) is 11.5 Å². The van der Waals surface area contributed by atoms with E-state index in [2.05, 4.69) is 9.51 Å². The number of hydrogen-bond donors (Lipinski definition) is 4. The lowest BCUT2D eigenvalue weighted by Gasteiger charge is -2.18. The van der Waals surface area contributed by atoms with Gasteiger partial charge in [0.25, 0.3) is 5.56 Å². The van der Waals surface area contributed by atoms with Gasteiger partial charge < -0.3 is 29.2 Å². The van der Waals surface area contributed by atoms with E-state index >= 15 is 0 Å². The Kier molecular flexibility index (Phi) is 6.45. The van der Waals surface area contributed by atoms with Crippen LogP contribution >= 0.6 is 7.82 Å². The van der Waals surface area contributed by atoms with Gasteiger partial charge in [0, 0.05) is 17.8 Å². The third kappa shape index (κ3) is 5.04. The predicted octanol–water partition coefficient (Wildman–Crippen LogP) is -0.558. The molecule has 14 heteroatoms. The molecule has 4 atom stereocenters. The van der Waals surface area contributed by atoms with Crippen LogP contribution in [0.2, 0.25) is 0 Å². The first kappa shape index (κ1) is 23.3. The SMILES string of the molecule is O=c1ccn([C@@H]2O[C@H](COP(=O)(O)O)C(O)[C@@H]2O)c(=O)n1Cc1cnc(-c2ccccc2)o1. The van der Waals surface area contributed by atoms with E-state index in [0.717, 1.165) is 21.4 Å². The molecule has 13 nitrogen and oxygen atoms in total. The molecule has 2 aromatic heterocycles. The molecule has 1 aromatic carbocycles. The Hall–Kier alpha value is -2.90. The van der Waals surface area contributed by atoms with E-state index < -0.39 is 50.2 Å². The fraction of sp³-hybridized carbons (Fsp3) is 0.316. The Morgan fingerprint density at radius 2 is 1.82 bits per heavy atom. The van der Waals surface area contributed by atoms with Crippen LogP contribution in [0.3, 0.4) is 0 Å². The van der Waals surface area contributed by atoms with Gasteiger partial charge in [0.05, 0.1) is 19.3 Å². The lowest BCUT2D eigenvalue weighted by Crippen LogP contribution is -2.43. The van der Waals surface area contributed by atoms with Crippen LogP contribution in [0, 0.1) is 0 Å². The lowest BCUT2D eigenvalue weighted by molar-refractivity contribution is -0.0548. The van der Waals surface area contributed by atoms with Gasteiger partial charge in [0.15, 0.2) is 6.23 Å². The second-order valence-corrected chi connectivity index (χ2v) is 8.50. The van der Waals surface area contributed by atoms with Crippen molar-refractivity contribution in [2.75, 3.05) is 6.61 Å². The van der Waals surface area contributed by atoms with Crippen LogP contribution in [0.15, 0.2) is 62.8 Å². The highest BCUT2D eigenvalue weighted by Gasteiger charge is 2.45. The molecule has 176 valence electrons. The number of nitrogens with zero attached hydrogens (tertiary/aromatic N) is 3. The summed E-state index contributed by atoms with van der Waals surface area (Å²) in [5.74, 6) is 0.534. The van der Waals surface area contributed by atoms with Crippen molar-refractivity contribution < 1.29 is 38.2 Å². The summed E-state index contributed by atoms with van der Waals surface area (Å²) in [5.41, 5.74) is -0.808. The normalized spacial score (nSPS) is 23.2. The Morgan fingerprint density at radius 1 is 1.09 bits per heavy atom. The van der Waals surface area contributed by atoms with Gasteiger partial charge in [-0.1, -0.05) is 18.2 Å². The van der Waals surface area contributed by atoms with Gasteiger partial charge in [-0.05, 0) is 12.1 Å². The molecule has 3 aromatic rings. The number of aliphatic hydroxyl groups is 2. The number of phosphoric ester groups is 1. The standard InChI is InChI=1S/C19H20N3O10P/c23-14-6-7-21(18-16(25)15(24)13(32-18)10-30-33(27,28)29)19(26)22(14)9-12-8-20-17(31-12)11-4-2-1-3-5-11/h1-8,13,15-16,18,24-25H,9-10H2,(H2,27,28,29)/t13-,15?,16+,18-/m1/s1. The zero-order valence-corrected chi connectivity index (χ0v) is 17.8. The van der Waals surface area contributed by atoms with Crippen molar-refractivity contribution in [3.63, 3.8) is 0 Å². The van der Waals surface area contributed by atoms with Crippen molar-refractivity contribution in [2.24, 2.45) is 0 Å². The predicted molar refractivity (Wildman–Crippen MR) is 110 cm³/mol. The Morgan fingerprint density at radius 3 is 2.52 bits per heavy atom. The van der Waals surface area contributed by atoms with Crippen LogP contribution in [-0.2, 0) is 20.4 Å². The van der Waals surface area contributed by atoms with E-state index in [9.17, 15) is 24.4 Å². The van der Waals surface area contributed by atoms with Gasteiger partial charge in [-0.15, -0.1) is 0 Å². The average molecular weight is 481 g/mol. The lowest BCUT2D eigenvalue weighted by atomic mass is 10.1. The van der Waals surface area contributed by atoms with E-state index in [1.807, 2.05) is 6.07 Å². The summed E-state index contributed by atoms with van der Waals surface area (Å²) in [7, 11) is -4.84. The Bertz CT molecular complexity index is 1280. The number of hydrogen-bond acceptors (Lipinski definition) is 9. The van der Waals surface area contributed by atoms with E-state index in [-0.39, 0.29) is 12.3 Å². The Balaban J connectivity index is 1.58. The van der Waals surface area contributed by atoms with E-state index in [0.29, 0.717) is 11.5 Å². The molecular formula is C19H20N3O10P. The molecule has 1 aliphatic heterocycles. The van der Waals surface area contributed by atoms with Gasteiger partial charge in [-0.25, -0.2) is 14.3 Å². The summed E-state index contributed by atoms with van der Waals surface area (Å²) >= 11 is 0. The fourth-order valence-electron chi connectivity index (χ4n) is 3.39. The third-order valence-electron chi connectivity index (χ3n) is 5.00. The maximum absolute atomic E-state index is 13.0. The first-order valence-corrected chi connectivity index (χ1v) is 11.2. The second-order valence-electron chi connectivity index (χ2n) is 7.26. The van der Waals surface area contributed by atoms with Crippen molar-refractivity contribution in [1.29, 1.82) is 0 Å². The highest BCUT2D eigenvalue weighted by molar-refractivity contribution is 7.46. The number of aliphatic hydroxyl groups excluding tert-OH is 2. The smallest absolute Gasteiger partial charge is 0.439 e. The zero-order chi connectivity index (χ0) is 23.8. The van der Waals surface area contributed by atoms with Crippen LogP contribution in [0.1, 0.15) is 12.0 Å². The summed E-state index contributed by atoms with van der Waals surface area (Å²) < 4.78 is 28.0. The maximum atomic E-state index is 13.0. The molecule has 1 aliphatic rings. The van der Waals surface area contributed by atoms with Gasteiger partial charge in [0.2, 0.25) is 5.89 Å². The van der Waals surface area contributed by atoms with Crippen molar-refractivity contribution in [1.82, 2.24) is 14.1 Å². The van der Waals surface area contributed by atoms with Crippen LogP contribution in [0.5, 0.6) is 0 Å². The summed E-state index contributed by atoms with van der Waals surface area (Å²) in [6.45, 7) is -0.984. The number of oxazole rings is 1. The highest BCUT2D eigenvalue weighted by atomic mass is 31.2. The van der Waals surface area contributed by atoms with E-state index in [1.165, 1.54) is 6.20 Å². The van der Waals surface area contributed by atoms with Gasteiger partial charge in [0.1, 0.15) is 24.1 Å². The average Bonchev–Trinajstić information content (AvgIpc) is 3.35. The fourth-order valence-corrected chi connectivity index (χ4v) is 3.73. The molecule has 1 fully saturated rings. The van der Waals surface area contributed by atoms with Crippen LogP contribution in [-0.4, -0.2) is 59.0 Å². The number of benzene rings is 1. The summed E-state index contributed by atoms with van der Waals surface area (Å²) in [5, 5.41) is 20.4. The van der Waals surface area contributed by atoms with Gasteiger partial charge in [-0.2, -0.15) is 0 Å². The van der Waals surface area contributed by atoms with Crippen LogP contribution in [0.4, 0.5) is 0 Å². The molecule has 33 heavy (non-hydrogen) atoms. The minimum atomic E-state index is -4.84. The van der Waals surface area contributed by atoms with Crippen molar-refractivity contribution >= 4 is 7.82 Å². The molecule has 1 unspecified atom stereocenters. The second kappa shape index (κ2) is 9.15. The molecule has 0 amide bonds. The molecule has 0 aliphatic carbocycles. The molecule has 0 bridgehead atoms. The van der Waals surface area contributed by atoms with Crippen molar-refractivity contribution in [3.8, 4) is 11.5 Å². The number of rotatable bonds is 7. The number of aromatic nitrogens is 3. The third-order valence-corrected chi connectivity index (χ3v) is 5.49. The molecule has 1 saturated heterocycles. The van der Waals surface area contributed by atoms with Gasteiger partial charge >= 0.3 is 13.5 Å². The minimum Gasteiger partial charge on any atom is -0.439 e.